The third-order valence-electron chi connectivity index (χ3n) is 9.00. The molecule has 3 aromatic rings. The van der Waals surface area contributed by atoms with Crippen LogP contribution >= 0.6 is 11.6 Å². The van der Waals surface area contributed by atoms with Crippen LogP contribution in [0.4, 0.5) is 10.2 Å². The van der Waals surface area contributed by atoms with Crippen LogP contribution in [0.3, 0.4) is 0 Å². The van der Waals surface area contributed by atoms with Gasteiger partial charge >= 0.3 is 0 Å². The van der Waals surface area contributed by atoms with Crippen molar-refractivity contribution in [2.75, 3.05) is 43.5 Å². The molecule has 262 valence electrons. The number of amides is 1. The predicted octanol–water partition coefficient (Wildman–Crippen LogP) is 7.76. The summed E-state index contributed by atoms with van der Waals surface area (Å²) in [6.07, 6.45) is 8.97. The van der Waals surface area contributed by atoms with E-state index in [0.29, 0.717) is 24.0 Å². The molecule has 1 saturated heterocycles. The van der Waals surface area contributed by atoms with Crippen LogP contribution in [0.1, 0.15) is 89.3 Å². The molecule has 11 heteroatoms. The van der Waals surface area contributed by atoms with Gasteiger partial charge in [0.1, 0.15) is 29.7 Å². The van der Waals surface area contributed by atoms with Crippen LogP contribution in [0.5, 0.6) is 17.2 Å². The smallest absolute Gasteiger partial charge is 0.257 e. The molecule has 2 fully saturated rings. The Morgan fingerprint density at radius 3 is 2.54 bits per heavy atom. The van der Waals surface area contributed by atoms with Crippen LogP contribution in [-0.2, 0) is 13.0 Å². The number of fused-ring (bicyclic) bond motifs is 1. The number of hydrogen-bond donors (Lipinski definition) is 0. The second-order valence-electron chi connectivity index (χ2n) is 12.4. The van der Waals surface area contributed by atoms with Crippen LogP contribution in [-0.4, -0.2) is 81.4 Å². The number of ether oxygens (including phenoxy) is 2. The lowest BCUT2D eigenvalue weighted by Gasteiger charge is -2.59. The van der Waals surface area contributed by atoms with Crippen LogP contribution in [0.15, 0.2) is 43.0 Å². The fourth-order valence-corrected chi connectivity index (χ4v) is 6.91. The Balaban J connectivity index is 0.00000125. The van der Waals surface area contributed by atoms with Gasteiger partial charge in [0, 0.05) is 73.9 Å². The Labute approximate surface area is 290 Å². The van der Waals surface area contributed by atoms with Gasteiger partial charge < -0.3 is 19.3 Å². The van der Waals surface area contributed by atoms with Crippen molar-refractivity contribution in [2.45, 2.75) is 92.8 Å². The molecule has 4 heterocycles. The van der Waals surface area contributed by atoms with Crippen molar-refractivity contribution in [1.29, 1.82) is 0 Å². The van der Waals surface area contributed by atoms with Gasteiger partial charge in [-0.25, -0.2) is 14.4 Å². The maximum atomic E-state index is 14.3. The molecule has 0 unspecified atom stereocenters. The number of nitrogens with zero attached hydrogens (tertiary/aromatic N) is 6. The van der Waals surface area contributed by atoms with Gasteiger partial charge in [0.05, 0.1) is 11.8 Å². The quantitative estimate of drug-likeness (QED) is 0.190. The number of alkyl halides is 1. The second-order valence-corrected chi connectivity index (χ2v) is 12.8. The van der Waals surface area contributed by atoms with E-state index in [2.05, 4.69) is 24.8 Å². The fraction of sp³-hybridized carbons (Fsp3) is 0.568. The van der Waals surface area contributed by atoms with E-state index in [0.717, 1.165) is 69.9 Å². The maximum absolute atomic E-state index is 14.3. The van der Waals surface area contributed by atoms with Gasteiger partial charge in [-0.1, -0.05) is 27.7 Å². The monoisotopic (exact) mass is 682 g/mol. The van der Waals surface area contributed by atoms with E-state index in [1.807, 2.05) is 60.7 Å². The number of rotatable bonds is 11. The molecular weight excluding hydrogens is 631 g/mol. The third-order valence-corrected chi connectivity index (χ3v) is 9.27. The second kappa shape index (κ2) is 17.2. The number of anilines is 1. The lowest BCUT2D eigenvalue weighted by atomic mass is 9.61. The lowest BCUT2D eigenvalue weighted by Crippen LogP contribution is -2.65. The summed E-state index contributed by atoms with van der Waals surface area (Å²) in [5.74, 6) is 2.23. The predicted molar refractivity (Wildman–Crippen MR) is 190 cm³/mol. The minimum atomic E-state index is -0.493. The number of benzene rings is 1. The summed E-state index contributed by atoms with van der Waals surface area (Å²) < 4.78 is 27.0. The number of carbonyl (C=O) groups is 1. The molecule has 0 radical (unpaired) electrons. The minimum absolute atomic E-state index is 0.0356. The van der Waals surface area contributed by atoms with Crippen molar-refractivity contribution < 1.29 is 18.7 Å². The maximum Gasteiger partial charge on any atom is 0.257 e. The Bertz CT molecular complexity index is 1490. The van der Waals surface area contributed by atoms with Crippen LogP contribution < -0.4 is 14.4 Å². The average Bonchev–Trinajstić information content (AvgIpc) is 3.07. The number of pyridine rings is 1. The van der Waals surface area contributed by atoms with Gasteiger partial charge in [0.15, 0.2) is 11.6 Å². The first-order chi connectivity index (χ1) is 23.3. The highest BCUT2D eigenvalue weighted by atomic mass is 35.5. The van der Waals surface area contributed by atoms with Gasteiger partial charge in [-0.2, -0.15) is 0 Å². The normalized spacial score (nSPS) is 16.4. The Morgan fingerprint density at radius 1 is 1.10 bits per heavy atom. The molecule has 1 spiro atoms. The molecule has 1 amide bonds. The van der Waals surface area contributed by atoms with Crippen molar-refractivity contribution in [2.24, 2.45) is 5.41 Å². The van der Waals surface area contributed by atoms with Crippen LogP contribution in [0.25, 0.3) is 0 Å². The average molecular weight is 683 g/mol. The van der Waals surface area contributed by atoms with Gasteiger partial charge in [-0.15, -0.1) is 11.6 Å². The molecule has 48 heavy (non-hydrogen) atoms. The fourth-order valence-electron chi connectivity index (χ4n) is 6.79. The zero-order chi connectivity index (χ0) is 34.8. The Kier molecular flexibility index (Phi) is 13.4. The molecule has 2 aromatic heterocycles. The molecule has 9 nitrogen and oxygen atoms in total. The summed E-state index contributed by atoms with van der Waals surface area (Å²) in [7, 11) is 0. The Morgan fingerprint density at radius 2 is 1.85 bits per heavy atom. The summed E-state index contributed by atoms with van der Waals surface area (Å²) in [5.41, 5.74) is 2.70. The molecule has 3 aliphatic rings. The first-order valence-corrected chi connectivity index (χ1v) is 18.1. The zero-order valence-corrected chi connectivity index (χ0v) is 30.4. The summed E-state index contributed by atoms with van der Waals surface area (Å²) >= 11 is 5.93. The number of aromatic nitrogens is 3. The highest BCUT2D eigenvalue weighted by Crippen LogP contribution is 2.52. The molecule has 0 bridgehead atoms. The van der Waals surface area contributed by atoms with Crippen molar-refractivity contribution >= 4 is 23.3 Å². The zero-order valence-electron chi connectivity index (χ0n) is 29.6. The van der Waals surface area contributed by atoms with Gasteiger partial charge in [-0.3, -0.25) is 14.7 Å². The first-order valence-electron chi connectivity index (χ1n) is 17.5. The van der Waals surface area contributed by atoms with E-state index in [1.165, 1.54) is 30.1 Å². The topological polar surface area (TPSA) is 83.9 Å². The number of halogens is 2. The van der Waals surface area contributed by atoms with Gasteiger partial charge in [-0.05, 0) is 70.8 Å². The van der Waals surface area contributed by atoms with Gasteiger partial charge in [0.2, 0.25) is 0 Å². The molecule has 1 aliphatic carbocycles. The van der Waals surface area contributed by atoms with E-state index < -0.39 is 5.82 Å². The van der Waals surface area contributed by atoms with Crippen molar-refractivity contribution in [3.05, 3.63) is 65.6 Å². The molecular formula is C37H52ClFN6O3. The molecule has 0 atom stereocenters. The number of carbonyl (C=O) groups excluding carboxylic acids is 1. The summed E-state index contributed by atoms with van der Waals surface area (Å²) in [6.45, 7) is 18.8. The SMILES string of the molecule is CC.CC.CCN(C(=O)c1cc(F)ccc1Oc1cncnc1N1CC2(CC(Oc3ccnc4c3CN(CCCCl)CC4)C2)C1)C(C)C. The molecule has 1 saturated carbocycles. The Hall–Kier alpha value is -3.50. The highest BCUT2D eigenvalue weighted by molar-refractivity contribution is 6.17. The van der Waals surface area contributed by atoms with Crippen molar-refractivity contribution in [1.82, 2.24) is 24.8 Å². The standard InChI is InChI=1S/C33H40ClFN6O3.2C2H6/c1-4-41(22(2)3)32(42)25-14-23(35)6-7-28(25)44-30-17-36-21-38-31(30)40-19-33(20-40)15-24(16-33)43-29-8-11-37-27-9-13-39(12-5-10-34)18-26(27)29;2*1-2/h6-8,11,14,17,21-22,24H,4-5,9-10,12-13,15-16,18-20H2,1-3H3;2*1-2H3. The molecule has 0 N–H and O–H groups in total. The van der Waals surface area contributed by atoms with Crippen LogP contribution in [0.2, 0.25) is 0 Å². The van der Waals surface area contributed by atoms with E-state index in [4.69, 9.17) is 21.1 Å². The summed E-state index contributed by atoms with van der Waals surface area (Å²) in [5, 5.41) is 0. The van der Waals surface area contributed by atoms with Crippen molar-refractivity contribution in [3.8, 4) is 17.2 Å². The van der Waals surface area contributed by atoms with E-state index in [1.54, 1.807) is 11.1 Å². The van der Waals surface area contributed by atoms with E-state index >= 15 is 0 Å². The molecule has 2 aliphatic heterocycles. The van der Waals surface area contributed by atoms with E-state index in [-0.39, 0.29) is 34.8 Å². The third kappa shape index (κ3) is 8.37. The molecule has 1 aromatic carbocycles. The summed E-state index contributed by atoms with van der Waals surface area (Å²) in [6, 6.07) is 5.99. The minimum Gasteiger partial charge on any atom is -0.490 e. The first kappa shape index (κ1) is 37.3. The largest absolute Gasteiger partial charge is 0.490 e. The molecule has 6 rings (SSSR count). The van der Waals surface area contributed by atoms with E-state index in [9.17, 15) is 9.18 Å². The lowest BCUT2D eigenvalue weighted by molar-refractivity contribution is -0.0352. The van der Waals surface area contributed by atoms with Crippen molar-refractivity contribution in [3.63, 3.8) is 0 Å². The highest BCUT2D eigenvalue weighted by Gasteiger charge is 2.54. The van der Waals surface area contributed by atoms with Gasteiger partial charge in [0.25, 0.3) is 5.91 Å². The van der Waals surface area contributed by atoms with Crippen LogP contribution in [0, 0.1) is 11.2 Å². The number of hydrogen-bond acceptors (Lipinski definition) is 8. The summed E-state index contributed by atoms with van der Waals surface area (Å²) in [4.78, 5) is 32.9.